The van der Waals surface area contributed by atoms with Crippen LogP contribution in [0.3, 0.4) is 0 Å². The third kappa shape index (κ3) is 6.33. The summed E-state index contributed by atoms with van der Waals surface area (Å²) in [5.41, 5.74) is 10.7. The standard InChI is InChI=1S/C9H20N4O3/c1-12-9(16)7(11)2-3-8(15)13-5-6(14)4-10/h6-7,14H,2-5,10-11H2,1H3,(H,12,16)(H,13,15)/t6?,7-/m0/s1. The van der Waals surface area contributed by atoms with Crippen LogP contribution in [0.1, 0.15) is 12.8 Å². The van der Waals surface area contributed by atoms with E-state index in [4.69, 9.17) is 16.6 Å². The fraction of sp³-hybridized carbons (Fsp3) is 0.778. The monoisotopic (exact) mass is 232 g/mol. The van der Waals surface area contributed by atoms with Gasteiger partial charge < -0.3 is 27.2 Å². The van der Waals surface area contributed by atoms with Crippen LogP contribution in [-0.2, 0) is 9.59 Å². The zero-order chi connectivity index (χ0) is 12.6. The van der Waals surface area contributed by atoms with Gasteiger partial charge in [0.05, 0.1) is 12.1 Å². The molecule has 2 atom stereocenters. The van der Waals surface area contributed by atoms with E-state index < -0.39 is 12.1 Å². The lowest BCUT2D eigenvalue weighted by Crippen LogP contribution is -2.40. The molecule has 0 aliphatic carbocycles. The highest BCUT2D eigenvalue weighted by Gasteiger charge is 2.13. The minimum absolute atomic E-state index is 0.0953. The zero-order valence-corrected chi connectivity index (χ0v) is 9.40. The maximum atomic E-state index is 11.2. The topological polar surface area (TPSA) is 130 Å². The first kappa shape index (κ1) is 14.8. The van der Waals surface area contributed by atoms with Crippen molar-refractivity contribution in [3.8, 4) is 0 Å². The quantitative estimate of drug-likeness (QED) is 0.325. The average Bonchev–Trinajstić information content (AvgIpc) is 2.31. The maximum absolute atomic E-state index is 11.2. The predicted molar refractivity (Wildman–Crippen MR) is 59.3 cm³/mol. The molecule has 1 unspecified atom stereocenters. The lowest BCUT2D eigenvalue weighted by atomic mass is 10.1. The summed E-state index contributed by atoms with van der Waals surface area (Å²) in [7, 11) is 1.49. The molecule has 7 N–H and O–H groups in total. The van der Waals surface area contributed by atoms with Gasteiger partial charge in [-0.2, -0.15) is 0 Å². The summed E-state index contributed by atoms with van der Waals surface area (Å²) < 4.78 is 0. The van der Waals surface area contributed by atoms with Crippen LogP contribution in [0, 0.1) is 0 Å². The van der Waals surface area contributed by atoms with Gasteiger partial charge in [-0.3, -0.25) is 9.59 Å². The molecule has 16 heavy (non-hydrogen) atoms. The fourth-order valence-electron chi connectivity index (χ4n) is 1.01. The van der Waals surface area contributed by atoms with Crippen molar-refractivity contribution in [2.45, 2.75) is 25.0 Å². The van der Waals surface area contributed by atoms with Crippen LogP contribution in [0.5, 0.6) is 0 Å². The lowest BCUT2D eigenvalue weighted by Gasteiger charge is -2.11. The highest BCUT2D eigenvalue weighted by atomic mass is 16.3. The van der Waals surface area contributed by atoms with Gasteiger partial charge in [-0.05, 0) is 6.42 Å². The van der Waals surface area contributed by atoms with E-state index in [1.54, 1.807) is 0 Å². The Hall–Kier alpha value is -1.18. The average molecular weight is 232 g/mol. The molecule has 0 bridgehead atoms. The summed E-state index contributed by atoms with van der Waals surface area (Å²) in [6.45, 7) is 0.211. The maximum Gasteiger partial charge on any atom is 0.236 e. The molecule has 0 aromatic heterocycles. The van der Waals surface area contributed by atoms with Crippen molar-refractivity contribution in [1.82, 2.24) is 10.6 Å². The SMILES string of the molecule is CNC(=O)[C@@H](N)CCC(=O)NCC(O)CN. The van der Waals surface area contributed by atoms with E-state index in [1.165, 1.54) is 7.05 Å². The Labute approximate surface area is 94.6 Å². The van der Waals surface area contributed by atoms with Crippen LogP contribution >= 0.6 is 0 Å². The number of rotatable bonds is 7. The summed E-state index contributed by atoms with van der Waals surface area (Å²) >= 11 is 0. The van der Waals surface area contributed by atoms with Gasteiger partial charge in [0, 0.05) is 26.6 Å². The molecule has 0 aromatic carbocycles. The molecule has 0 saturated heterocycles. The molecule has 0 radical (unpaired) electrons. The van der Waals surface area contributed by atoms with E-state index in [-0.39, 0.29) is 37.7 Å². The normalized spacial score (nSPS) is 14.0. The lowest BCUT2D eigenvalue weighted by molar-refractivity contribution is -0.123. The van der Waals surface area contributed by atoms with Crippen molar-refractivity contribution in [2.75, 3.05) is 20.1 Å². The number of nitrogens with two attached hydrogens (primary N) is 2. The molecule has 7 nitrogen and oxygen atoms in total. The molecule has 7 heteroatoms. The molecule has 0 fully saturated rings. The van der Waals surface area contributed by atoms with E-state index in [0.717, 1.165) is 0 Å². The molecule has 0 aliphatic rings. The number of aliphatic hydroxyl groups excluding tert-OH is 1. The van der Waals surface area contributed by atoms with Crippen LogP contribution < -0.4 is 22.1 Å². The largest absolute Gasteiger partial charge is 0.390 e. The van der Waals surface area contributed by atoms with Gasteiger partial charge in [-0.25, -0.2) is 0 Å². The highest BCUT2D eigenvalue weighted by Crippen LogP contribution is 1.94. The minimum Gasteiger partial charge on any atom is -0.390 e. The Morgan fingerprint density at radius 3 is 2.56 bits per heavy atom. The van der Waals surface area contributed by atoms with Crippen molar-refractivity contribution in [1.29, 1.82) is 0 Å². The molecular formula is C9H20N4O3. The van der Waals surface area contributed by atoms with Crippen molar-refractivity contribution < 1.29 is 14.7 Å². The molecule has 0 aromatic rings. The second kappa shape index (κ2) is 8.03. The molecule has 2 amide bonds. The first-order chi connectivity index (χ1) is 7.51. The second-order valence-corrected chi connectivity index (χ2v) is 3.45. The number of likely N-dealkylation sites (N-methyl/N-ethyl adjacent to an activating group) is 1. The number of hydrogen-bond acceptors (Lipinski definition) is 5. The van der Waals surface area contributed by atoms with Crippen molar-refractivity contribution >= 4 is 11.8 Å². The molecule has 0 saturated carbocycles. The number of carbonyl (C=O) groups excluding carboxylic acids is 2. The van der Waals surface area contributed by atoms with Crippen LogP contribution in [0.4, 0.5) is 0 Å². The van der Waals surface area contributed by atoms with E-state index in [9.17, 15) is 9.59 Å². The van der Waals surface area contributed by atoms with Crippen LogP contribution in [0.25, 0.3) is 0 Å². The van der Waals surface area contributed by atoms with Crippen LogP contribution in [0.15, 0.2) is 0 Å². The van der Waals surface area contributed by atoms with Crippen LogP contribution in [-0.4, -0.2) is 49.2 Å². The van der Waals surface area contributed by atoms with Gasteiger partial charge in [0.2, 0.25) is 11.8 Å². The Balaban J connectivity index is 3.69. The number of amides is 2. The summed E-state index contributed by atoms with van der Waals surface area (Å²) in [4.78, 5) is 22.2. The molecule has 0 heterocycles. The zero-order valence-electron chi connectivity index (χ0n) is 9.40. The Kier molecular flexibility index (Phi) is 7.44. The number of aliphatic hydroxyl groups is 1. The first-order valence-electron chi connectivity index (χ1n) is 5.13. The van der Waals surface area contributed by atoms with Crippen molar-refractivity contribution in [2.24, 2.45) is 11.5 Å². The third-order valence-electron chi connectivity index (χ3n) is 2.07. The first-order valence-corrected chi connectivity index (χ1v) is 5.13. The van der Waals surface area contributed by atoms with E-state index in [2.05, 4.69) is 10.6 Å². The molecule has 0 rings (SSSR count). The van der Waals surface area contributed by atoms with Gasteiger partial charge in [-0.1, -0.05) is 0 Å². The Morgan fingerprint density at radius 2 is 2.06 bits per heavy atom. The predicted octanol–water partition coefficient (Wildman–Crippen LogP) is -2.72. The van der Waals surface area contributed by atoms with Gasteiger partial charge in [0.25, 0.3) is 0 Å². The van der Waals surface area contributed by atoms with Gasteiger partial charge >= 0.3 is 0 Å². The smallest absolute Gasteiger partial charge is 0.236 e. The summed E-state index contributed by atoms with van der Waals surface area (Å²) in [5.74, 6) is -0.554. The number of nitrogens with one attached hydrogen (secondary N) is 2. The number of hydrogen-bond donors (Lipinski definition) is 5. The van der Waals surface area contributed by atoms with Gasteiger partial charge in [-0.15, -0.1) is 0 Å². The molecule has 94 valence electrons. The second-order valence-electron chi connectivity index (χ2n) is 3.45. The van der Waals surface area contributed by atoms with Crippen molar-refractivity contribution in [3.63, 3.8) is 0 Å². The van der Waals surface area contributed by atoms with Gasteiger partial charge in [0.1, 0.15) is 0 Å². The van der Waals surface area contributed by atoms with Crippen molar-refractivity contribution in [3.05, 3.63) is 0 Å². The van der Waals surface area contributed by atoms with Gasteiger partial charge in [0.15, 0.2) is 0 Å². The number of carbonyl (C=O) groups is 2. The summed E-state index contributed by atoms with van der Waals surface area (Å²) in [5, 5.41) is 14.0. The summed E-state index contributed by atoms with van der Waals surface area (Å²) in [6.07, 6.45) is -0.326. The Bertz CT molecular complexity index is 235. The minimum atomic E-state index is -0.739. The molecule has 0 aliphatic heterocycles. The molecular weight excluding hydrogens is 212 g/mol. The highest BCUT2D eigenvalue weighted by molar-refractivity contribution is 5.82. The van der Waals surface area contributed by atoms with E-state index in [1.807, 2.05) is 0 Å². The molecule has 0 spiro atoms. The third-order valence-corrected chi connectivity index (χ3v) is 2.07. The fourth-order valence-corrected chi connectivity index (χ4v) is 1.01. The summed E-state index contributed by atoms with van der Waals surface area (Å²) in [6, 6.07) is -0.685. The Morgan fingerprint density at radius 1 is 1.44 bits per heavy atom. The van der Waals surface area contributed by atoms with E-state index >= 15 is 0 Å². The van der Waals surface area contributed by atoms with E-state index in [0.29, 0.717) is 0 Å². The van der Waals surface area contributed by atoms with Crippen LogP contribution in [0.2, 0.25) is 0 Å².